The Morgan fingerprint density at radius 2 is 1.97 bits per heavy atom. The molecular formula is C25H23F4N5O4. The monoisotopic (exact) mass is 533 g/mol. The lowest BCUT2D eigenvalue weighted by Gasteiger charge is -2.21. The predicted molar refractivity (Wildman–Crippen MR) is 126 cm³/mol. The minimum atomic E-state index is -4.58. The molecule has 1 atom stereocenters. The molecule has 2 amide bonds. The highest BCUT2D eigenvalue weighted by atomic mass is 19.4. The number of nitrogens with zero attached hydrogens (tertiary/aromatic N) is 4. The fraction of sp³-hybridized carbons (Fsp3) is 0.360. The van der Waals surface area contributed by atoms with E-state index in [0.29, 0.717) is 43.7 Å². The number of benzene rings is 2. The molecule has 0 bridgehead atoms. The summed E-state index contributed by atoms with van der Waals surface area (Å²) < 4.78 is 60.6. The number of carbonyl (C=O) groups is 2. The molecule has 0 radical (unpaired) electrons. The van der Waals surface area contributed by atoms with Gasteiger partial charge in [-0.3, -0.25) is 9.89 Å². The van der Waals surface area contributed by atoms with Gasteiger partial charge in [0.05, 0.1) is 5.52 Å². The highest BCUT2D eigenvalue weighted by Gasteiger charge is 2.33. The van der Waals surface area contributed by atoms with Crippen molar-refractivity contribution in [3.05, 3.63) is 65.0 Å². The van der Waals surface area contributed by atoms with Crippen LogP contribution < -0.4 is 4.74 Å². The van der Waals surface area contributed by atoms with Crippen LogP contribution in [0.5, 0.6) is 5.75 Å². The molecule has 0 aliphatic carbocycles. The van der Waals surface area contributed by atoms with Gasteiger partial charge in [0.25, 0.3) is 5.91 Å². The first-order valence-corrected chi connectivity index (χ1v) is 11.8. The van der Waals surface area contributed by atoms with E-state index in [0.717, 1.165) is 23.2 Å². The van der Waals surface area contributed by atoms with E-state index < -0.39 is 30.4 Å². The second-order valence-corrected chi connectivity index (χ2v) is 9.16. The molecule has 3 aromatic rings. The molecule has 2 aliphatic heterocycles. The topological polar surface area (TPSA) is 101 Å². The first-order chi connectivity index (χ1) is 18.2. The van der Waals surface area contributed by atoms with E-state index in [1.807, 2.05) is 6.08 Å². The number of aromatic amines is 1. The summed E-state index contributed by atoms with van der Waals surface area (Å²) in [4.78, 5) is 28.9. The number of hydrogen-bond acceptors (Lipinski definition) is 6. The van der Waals surface area contributed by atoms with Crippen LogP contribution in [0.2, 0.25) is 0 Å². The molecular weight excluding hydrogens is 510 g/mol. The molecule has 1 fully saturated rings. The maximum Gasteiger partial charge on any atom is 0.422 e. The number of halogens is 4. The number of H-pyrrole nitrogens is 1. The zero-order valence-electron chi connectivity index (χ0n) is 20.0. The Hall–Kier alpha value is -4.16. The van der Waals surface area contributed by atoms with Gasteiger partial charge in [-0.15, -0.1) is 5.10 Å². The largest absolute Gasteiger partial charge is 0.481 e. The Morgan fingerprint density at radius 3 is 2.76 bits per heavy atom. The Morgan fingerprint density at radius 1 is 1.13 bits per heavy atom. The number of aromatic nitrogens is 3. The molecule has 0 saturated carbocycles. The highest BCUT2D eigenvalue weighted by molar-refractivity contribution is 5.97. The summed E-state index contributed by atoms with van der Waals surface area (Å²) in [5.74, 6) is -1.49. The maximum atomic E-state index is 14.1. The normalized spacial score (nSPS) is 17.7. The van der Waals surface area contributed by atoms with Crippen LogP contribution >= 0.6 is 0 Å². The number of alkyl halides is 3. The molecule has 3 heterocycles. The Labute approximate surface area is 214 Å². The Bertz CT molecular complexity index is 1390. The number of likely N-dealkylation sites (tertiary alicyclic amines) is 1. The van der Waals surface area contributed by atoms with Gasteiger partial charge in [-0.2, -0.15) is 13.2 Å². The lowest BCUT2D eigenvalue weighted by Crippen LogP contribution is -2.33. The zero-order valence-corrected chi connectivity index (χ0v) is 20.0. The third kappa shape index (κ3) is 5.71. The fourth-order valence-corrected chi connectivity index (χ4v) is 4.56. The molecule has 200 valence electrons. The van der Waals surface area contributed by atoms with Crippen LogP contribution in [0.4, 0.5) is 22.4 Å². The van der Waals surface area contributed by atoms with Crippen molar-refractivity contribution in [3.8, 4) is 5.75 Å². The van der Waals surface area contributed by atoms with E-state index in [-0.39, 0.29) is 24.0 Å². The number of carbonyl (C=O) groups excluding carboxylic acids is 2. The van der Waals surface area contributed by atoms with Crippen LogP contribution in [0.25, 0.3) is 11.0 Å². The average molecular weight is 533 g/mol. The van der Waals surface area contributed by atoms with Crippen molar-refractivity contribution >= 4 is 23.0 Å². The smallest absolute Gasteiger partial charge is 0.422 e. The predicted octanol–water partition coefficient (Wildman–Crippen LogP) is 4.08. The molecule has 38 heavy (non-hydrogen) atoms. The molecule has 0 spiro atoms. The van der Waals surface area contributed by atoms with Gasteiger partial charge in [-0.25, -0.2) is 9.18 Å². The SMILES string of the molecule is O=C(OCc1ccc(OCC(F)(F)F)c(F)c1)N1CC=C2CN(C(=O)c3ccc4[nH]nnc4c3)C[C@H]2CC1. The third-order valence-electron chi connectivity index (χ3n) is 6.53. The van der Waals surface area contributed by atoms with Crippen molar-refractivity contribution in [1.82, 2.24) is 25.2 Å². The second kappa shape index (κ2) is 10.3. The molecule has 1 saturated heterocycles. The molecule has 2 aliphatic rings. The first kappa shape index (κ1) is 25.5. The van der Waals surface area contributed by atoms with Gasteiger partial charge in [-0.1, -0.05) is 17.4 Å². The summed E-state index contributed by atoms with van der Waals surface area (Å²) in [6.07, 6.45) is -2.59. The minimum absolute atomic E-state index is 0.0952. The van der Waals surface area contributed by atoms with Gasteiger partial charge in [0.2, 0.25) is 0 Å². The average Bonchev–Trinajstić information content (AvgIpc) is 3.47. The maximum absolute atomic E-state index is 14.1. The summed E-state index contributed by atoms with van der Waals surface area (Å²) >= 11 is 0. The van der Waals surface area contributed by atoms with E-state index in [2.05, 4.69) is 20.1 Å². The lowest BCUT2D eigenvalue weighted by molar-refractivity contribution is -0.153. The number of hydrogen-bond donors (Lipinski definition) is 1. The second-order valence-electron chi connectivity index (χ2n) is 9.16. The Kier molecular flexibility index (Phi) is 6.91. The van der Waals surface area contributed by atoms with Gasteiger partial charge >= 0.3 is 12.3 Å². The molecule has 9 nitrogen and oxygen atoms in total. The number of ether oxygens (including phenoxy) is 2. The number of amides is 2. The van der Waals surface area contributed by atoms with Crippen LogP contribution in [0.1, 0.15) is 22.3 Å². The van der Waals surface area contributed by atoms with Crippen LogP contribution in [-0.2, 0) is 11.3 Å². The molecule has 0 unspecified atom stereocenters. The van der Waals surface area contributed by atoms with Crippen molar-refractivity contribution in [1.29, 1.82) is 0 Å². The van der Waals surface area contributed by atoms with Crippen molar-refractivity contribution in [2.45, 2.75) is 19.2 Å². The van der Waals surface area contributed by atoms with E-state index in [9.17, 15) is 27.2 Å². The molecule has 13 heteroatoms. The van der Waals surface area contributed by atoms with E-state index in [1.54, 1.807) is 23.1 Å². The van der Waals surface area contributed by atoms with Crippen LogP contribution in [0.15, 0.2) is 48.0 Å². The minimum Gasteiger partial charge on any atom is -0.481 e. The first-order valence-electron chi connectivity index (χ1n) is 11.8. The van der Waals surface area contributed by atoms with E-state index >= 15 is 0 Å². The van der Waals surface area contributed by atoms with Gasteiger partial charge in [0.15, 0.2) is 18.2 Å². The summed E-state index contributed by atoms with van der Waals surface area (Å²) in [7, 11) is 0. The number of nitrogens with one attached hydrogen (secondary N) is 1. The zero-order chi connectivity index (χ0) is 26.9. The van der Waals surface area contributed by atoms with Gasteiger partial charge in [0.1, 0.15) is 12.1 Å². The van der Waals surface area contributed by atoms with E-state index in [4.69, 9.17) is 4.74 Å². The van der Waals surface area contributed by atoms with Gasteiger partial charge < -0.3 is 19.3 Å². The molecule has 1 aromatic heterocycles. The number of fused-ring (bicyclic) bond motifs is 2. The van der Waals surface area contributed by atoms with Crippen LogP contribution in [0.3, 0.4) is 0 Å². The summed E-state index contributed by atoms with van der Waals surface area (Å²) in [5.41, 5.74) is 3.25. The van der Waals surface area contributed by atoms with Crippen LogP contribution in [-0.4, -0.2) is 76.2 Å². The van der Waals surface area contributed by atoms with Crippen molar-refractivity contribution < 1.29 is 36.6 Å². The standard InChI is InChI=1S/C25H23F4N5O4/c26-19-9-15(1-4-22(19)38-14-25(27,28)29)13-37-24(36)33-7-5-17-11-34(12-18(17)6-8-33)23(35)16-2-3-20-21(10-16)31-32-30-20/h1-5,9-10,18H,6-8,11-14H2,(H,30,31,32)/t18-/m1/s1. The van der Waals surface area contributed by atoms with Crippen molar-refractivity contribution in [2.75, 3.05) is 32.8 Å². The molecule has 2 aromatic carbocycles. The highest BCUT2D eigenvalue weighted by Crippen LogP contribution is 2.30. The molecule has 5 rings (SSSR count). The van der Waals surface area contributed by atoms with E-state index in [1.165, 1.54) is 11.0 Å². The van der Waals surface area contributed by atoms with Gasteiger partial charge in [-0.05, 0) is 47.9 Å². The Balaban J connectivity index is 1.14. The third-order valence-corrected chi connectivity index (χ3v) is 6.53. The summed E-state index contributed by atoms with van der Waals surface area (Å²) in [6.45, 7) is -0.138. The summed E-state index contributed by atoms with van der Waals surface area (Å²) in [6, 6.07) is 8.58. The number of rotatable bonds is 5. The molecule has 1 N–H and O–H groups in total. The van der Waals surface area contributed by atoms with Crippen LogP contribution in [0, 0.1) is 11.7 Å². The lowest BCUT2D eigenvalue weighted by atomic mass is 10.00. The quantitative estimate of drug-likeness (QED) is 0.392. The van der Waals surface area contributed by atoms with Crippen molar-refractivity contribution in [2.24, 2.45) is 5.92 Å². The summed E-state index contributed by atoms with van der Waals surface area (Å²) in [5, 5.41) is 10.4. The van der Waals surface area contributed by atoms with Gasteiger partial charge in [0, 0.05) is 37.7 Å². The fourth-order valence-electron chi connectivity index (χ4n) is 4.56. The van der Waals surface area contributed by atoms with Crippen molar-refractivity contribution in [3.63, 3.8) is 0 Å².